The van der Waals surface area contributed by atoms with Gasteiger partial charge in [-0.05, 0) is 18.6 Å². The van der Waals surface area contributed by atoms with Crippen LogP contribution < -0.4 is 10.6 Å². The van der Waals surface area contributed by atoms with Crippen molar-refractivity contribution in [3.8, 4) is 5.82 Å². The summed E-state index contributed by atoms with van der Waals surface area (Å²) in [4.78, 5) is 31.5. The highest BCUT2D eigenvalue weighted by atomic mass is 16.2. The van der Waals surface area contributed by atoms with Crippen LogP contribution in [-0.2, 0) is 9.59 Å². The van der Waals surface area contributed by atoms with Gasteiger partial charge in [0.05, 0.1) is 11.6 Å². The van der Waals surface area contributed by atoms with Gasteiger partial charge in [0, 0.05) is 19.2 Å². The molecule has 3 rings (SSSR count). The van der Waals surface area contributed by atoms with Gasteiger partial charge in [-0.3, -0.25) is 9.59 Å². The van der Waals surface area contributed by atoms with Crippen LogP contribution in [-0.4, -0.2) is 38.1 Å². The predicted octanol–water partition coefficient (Wildman–Crippen LogP) is 0.127. The number of nitrogens with one attached hydrogen (secondary N) is 2. The maximum atomic E-state index is 12.3. The van der Waals surface area contributed by atoms with Gasteiger partial charge in [0.2, 0.25) is 11.8 Å². The number of hydrogen-bond acceptors (Lipinski definition) is 5. The van der Waals surface area contributed by atoms with Crippen LogP contribution in [0.2, 0.25) is 0 Å². The number of hydrogen-bond donors (Lipinski definition) is 2. The van der Waals surface area contributed by atoms with E-state index in [2.05, 4.69) is 25.7 Å². The van der Waals surface area contributed by atoms with Gasteiger partial charge < -0.3 is 10.6 Å². The van der Waals surface area contributed by atoms with E-state index in [1.165, 1.54) is 17.3 Å². The molecule has 1 fully saturated rings. The van der Waals surface area contributed by atoms with Crippen molar-refractivity contribution >= 4 is 17.5 Å². The SMILES string of the molecule is O=C1CCC(C(=O)Nc2cccnc2-n2cncn2)CN1. The molecule has 0 radical (unpaired) electrons. The van der Waals surface area contributed by atoms with Crippen LogP contribution in [0.3, 0.4) is 0 Å². The zero-order chi connectivity index (χ0) is 14.7. The molecule has 2 N–H and O–H groups in total. The largest absolute Gasteiger partial charge is 0.355 e. The Kier molecular flexibility index (Phi) is 3.59. The molecule has 1 aliphatic rings. The topological polar surface area (TPSA) is 102 Å². The fourth-order valence-corrected chi connectivity index (χ4v) is 2.19. The average Bonchev–Trinajstić information content (AvgIpc) is 3.02. The van der Waals surface area contributed by atoms with Crippen molar-refractivity contribution in [2.45, 2.75) is 12.8 Å². The minimum atomic E-state index is -0.230. The van der Waals surface area contributed by atoms with Crippen LogP contribution in [0.5, 0.6) is 0 Å². The van der Waals surface area contributed by atoms with E-state index in [1.807, 2.05) is 0 Å². The lowest BCUT2D eigenvalue weighted by Gasteiger charge is -2.22. The van der Waals surface area contributed by atoms with E-state index < -0.39 is 0 Å². The lowest BCUT2D eigenvalue weighted by atomic mass is 9.98. The van der Waals surface area contributed by atoms with Crippen LogP contribution in [0.15, 0.2) is 31.0 Å². The minimum Gasteiger partial charge on any atom is -0.355 e. The fourth-order valence-electron chi connectivity index (χ4n) is 2.19. The summed E-state index contributed by atoms with van der Waals surface area (Å²) in [6.07, 6.45) is 5.46. The van der Waals surface area contributed by atoms with Crippen LogP contribution in [0.1, 0.15) is 12.8 Å². The first-order valence-corrected chi connectivity index (χ1v) is 6.61. The zero-order valence-electron chi connectivity index (χ0n) is 11.2. The Balaban J connectivity index is 1.76. The molecule has 3 heterocycles. The molecule has 0 aromatic carbocycles. The van der Waals surface area contributed by atoms with E-state index in [0.29, 0.717) is 30.9 Å². The van der Waals surface area contributed by atoms with Gasteiger partial charge in [0.1, 0.15) is 12.7 Å². The maximum absolute atomic E-state index is 12.3. The Hall–Kier alpha value is -2.77. The molecular weight excluding hydrogens is 272 g/mol. The molecule has 0 aliphatic carbocycles. The summed E-state index contributed by atoms with van der Waals surface area (Å²) in [5, 5.41) is 9.55. The molecule has 0 bridgehead atoms. The van der Waals surface area contributed by atoms with Crippen molar-refractivity contribution < 1.29 is 9.59 Å². The lowest BCUT2D eigenvalue weighted by molar-refractivity contribution is -0.126. The number of aromatic nitrogens is 4. The van der Waals surface area contributed by atoms with E-state index in [9.17, 15) is 9.59 Å². The summed E-state index contributed by atoms with van der Waals surface area (Å²) in [6.45, 7) is 0.365. The quantitative estimate of drug-likeness (QED) is 0.835. The van der Waals surface area contributed by atoms with Crippen molar-refractivity contribution in [1.29, 1.82) is 0 Å². The molecule has 8 nitrogen and oxygen atoms in total. The molecule has 2 amide bonds. The molecule has 0 saturated carbocycles. The summed E-state index contributed by atoms with van der Waals surface area (Å²) in [6, 6.07) is 3.49. The van der Waals surface area contributed by atoms with Crippen LogP contribution >= 0.6 is 0 Å². The van der Waals surface area contributed by atoms with Crippen molar-refractivity contribution in [2.75, 3.05) is 11.9 Å². The summed E-state index contributed by atoms with van der Waals surface area (Å²) in [5.41, 5.74) is 0.560. The normalized spacial score (nSPS) is 18.1. The second-order valence-corrected chi connectivity index (χ2v) is 4.74. The molecule has 108 valence electrons. The first-order chi connectivity index (χ1) is 10.2. The Labute approximate surface area is 120 Å². The number of nitrogens with zero attached hydrogens (tertiary/aromatic N) is 4. The monoisotopic (exact) mass is 286 g/mol. The van der Waals surface area contributed by atoms with E-state index in [0.717, 1.165) is 0 Å². The Morgan fingerprint density at radius 2 is 2.38 bits per heavy atom. The summed E-state index contributed by atoms with van der Waals surface area (Å²) >= 11 is 0. The van der Waals surface area contributed by atoms with E-state index in [4.69, 9.17) is 0 Å². The van der Waals surface area contributed by atoms with Crippen molar-refractivity contribution in [3.63, 3.8) is 0 Å². The highest BCUT2D eigenvalue weighted by Crippen LogP contribution is 2.19. The standard InChI is InChI=1S/C13H14N6O2/c20-11-4-3-9(6-16-11)13(21)18-10-2-1-5-15-12(10)19-8-14-7-17-19/h1-2,5,7-9H,3-4,6H2,(H,16,20)(H,18,21). The highest BCUT2D eigenvalue weighted by molar-refractivity contribution is 5.95. The summed E-state index contributed by atoms with van der Waals surface area (Å²) in [7, 11) is 0. The highest BCUT2D eigenvalue weighted by Gasteiger charge is 2.25. The first-order valence-electron chi connectivity index (χ1n) is 6.61. The smallest absolute Gasteiger partial charge is 0.229 e. The number of rotatable bonds is 3. The molecule has 1 saturated heterocycles. The Morgan fingerprint density at radius 3 is 3.10 bits per heavy atom. The van der Waals surface area contributed by atoms with Crippen molar-refractivity contribution in [1.82, 2.24) is 25.1 Å². The predicted molar refractivity (Wildman–Crippen MR) is 73.5 cm³/mol. The summed E-state index contributed by atoms with van der Waals surface area (Å²) in [5.74, 6) is 0.128. The average molecular weight is 286 g/mol. The number of carbonyl (C=O) groups is 2. The first kappa shape index (κ1) is 13.2. The van der Waals surface area contributed by atoms with E-state index in [-0.39, 0.29) is 17.7 Å². The summed E-state index contributed by atoms with van der Waals surface area (Å²) < 4.78 is 1.48. The van der Waals surface area contributed by atoms with Gasteiger partial charge in [-0.15, -0.1) is 0 Å². The lowest BCUT2D eigenvalue weighted by Crippen LogP contribution is -2.40. The van der Waals surface area contributed by atoms with Gasteiger partial charge in [0.25, 0.3) is 0 Å². The molecule has 1 aliphatic heterocycles. The number of anilines is 1. The van der Waals surface area contributed by atoms with Crippen LogP contribution in [0, 0.1) is 5.92 Å². The second kappa shape index (κ2) is 5.70. The second-order valence-electron chi connectivity index (χ2n) is 4.74. The maximum Gasteiger partial charge on any atom is 0.229 e. The molecule has 0 spiro atoms. The minimum absolute atomic E-state index is 0.0104. The van der Waals surface area contributed by atoms with Crippen LogP contribution in [0.25, 0.3) is 5.82 Å². The fraction of sp³-hybridized carbons (Fsp3) is 0.308. The van der Waals surface area contributed by atoms with Gasteiger partial charge in [0.15, 0.2) is 5.82 Å². The van der Waals surface area contributed by atoms with E-state index >= 15 is 0 Å². The number of piperidine rings is 1. The van der Waals surface area contributed by atoms with Gasteiger partial charge in [-0.2, -0.15) is 5.10 Å². The van der Waals surface area contributed by atoms with E-state index in [1.54, 1.807) is 18.3 Å². The third-order valence-corrected chi connectivity index (χ3v) is 3.32. The molecular formula is C13H14N6O2. The molecule has 2 aromatic rings. The molecule has 1 atom stereocenters. The third-order valence-electron chi connectivity index (χ3n) is 3.32. The molecule has 2 aromatic heterocycles. The van der Waals surface area contributed by atoms with Gasteiger partial charge in [-0.25, -0.2) is 14.6 Å². The zero-order valence-corrected chi connectivity index (χ0v) is 11.2. The van der Waals surface area contributed by atoms with Crippen molar-refractivity contribution in [2.24, 2.45) is 5.92 Å². The number of amides is 2. The Bertz CT molecular complexity index is 644. The van der Waals surface area contributed by atoms with Gasteiger partial charge >= 0.3 is 0 Å². The Morgan fingerprint density at radius 1 is 1.48 bits per heavy atom. The third kappa shape index (κ3) is 2.88. The van der Waals surface area contributed by atoms with Crippen molar-refractivity contribution in [3.05, 3.63) is 31.0 Å². The number of carbonyl (C=O) groups excluding carboxylic acids is 2. The van der Waals surface area contributed by atoms with Gasteiger partial charge in [-0.1, -0.05) is 0 Å². The molecule has 1 unspecified atom stereocenters. The number of pyridine rings is 1. The molecule has 21 heavy (non-hydrogen) atoms. The van der Waals surface area contributed by atoms with Crippen LogP contribution in [0.4, 0.5) is 5.69 Å². The molecule has 8 heteroatoms.